The Morgan fingerprint density at radius 1 is 1.36 bits per heavy atom. The van der Waals surface area contributed by atoms with Gasteiger partial charge in [-0.15, -0.1) is 11.6 Å². The number of unbranched alkanes of at least 4 members (excludes halogenated alkanes) is 1. The minimum atomic E-state index is -0.678. The molecule has 14 heavy (non-hydrogen) atoms. The molecule has 1 heterocycles. The van der Waals surface area contributed by atoms with E-state index in [9.17, 15) is 9.59 Å². The molecule has 0 aliphatic carbocycles. The monoisotopic (exact) mass is 217 g/mol. The minimum Gasteiger partial charge on any atom is -0.343 e. The predicted octanol–water partition coefficient (Wildman–Crippen LogP) is 1.49. The molecule has 1 N–H and O–H groups in total. The molecule has 1 atom stereocenters. The molecule has 0 radical (unpaired) electrons. The van der Waals surface area contributed by atoms with Gasteiger partial charge in [0.2, 0.25) is 5.91 Å². The first-order valence-corrected chi connectivity index (χ1v) is 5.45. The van der Waals surface area contributed by atoms with E-state index in [2.05, 4.69) is 5.32 Å². The number of Topliss-reactive ketones (excluding diaryl/α,β-unsaturated/α-hetero) is 1. The van der Waals surface area contributed by atoms with Gasteiger partial charge in [0.1, 0.15) is 0 Å². The first-order chi connectivity index (χ1) is 6.49. The van der Waals surface area contributed by atoms with Crippen molar-refractivity contribution in [3.63, 3.8) is 0 Å². The second-order valence-corrected chi connectivity index (χ2v) is 4.59. The van der Waals surface area contributed by atoms with E-state index in [1.165, 1.54) is 0 Å². The van der Waals surface area contributed by atoms with Crippen molar-refractivity contribution in [1.82, 2.24) is 5.32 Å². The molecule has 1 unspecified atom stereocenters. The van der Waals surface area contributed by atoms with Crippen LogP contribution in [0.5, 0.6) is 0 Å². The van der Waals surface area contributed by atoms with Crippen LogP contribution in [0.15, 0.2) is 0 Å². The number of alkyl halides is 1. The van der Waals surface area contributed by atoms with Gasteiger partial charge in [0.15, 0.2) is 5.78 Å². The number of carbonyl (C=O) groups excluding carboxylic acids is 2. The SMILES string of the molecule is CC1(C)NC(=O)C(CCCCCl)C1=O. The highest BCUT2D eigenvalue weighted by atomic mass is 35.5. The lowest BCUT2D eigenvalue weighted by Gasteiger charge is -2.14. The summed E-state index contributed by atoms with van der Waals surface area (Å²) in [5.41, 5.74) is -0.678. The Kier molecular flexibility index (Phi) is 3.53. The van der Waals surface area contributed by atoms with Crippen molar-refractivity contribution in [3.8, 4) is 0 Å². The fourth-order valence-electron chi connectivity index (χ4n) is 1.72. The average molecular weight is 218 g/mol. The van der Waals surface area contributed by atoms with Gasteiger partial charge in [0, 0.05) is 5.88 Å². The Bertz CT molecular complexity index is 251. The van der Waals surface area contributed by atoms with Gasteiger partial charge < -0.3 is 5.32 Å². The van der Waals surface area contributed by atoms with Crippen molar-refractivity contribution < 1.29 is 9.59 Å². The van der Waals surface area contributed by atoms with E-state index in [1.54, 1.807) is 13.8 Å². The van der Waals surface area contributed by atoms with Crippen LogP contribution in [0, 0.1) is 5.92 Å². The van der Waals surface area contributed by atoms with Gasteiger partial charge >= 0.3 is 0 Å². The van der Waals surface area contributed by atoms with Gasteiger partial charge in [0.25, 0.3) is 0 Å². The highest BCUT2D eigenvalue weighted by Gasteiger charge is 2.45. The van der Waals surface area contributed by atoms with Crippen LogP contribution in [0.3, 0.4) is 0 Å². The molecule has 1 aliphatic rings. The maximum absolute atomic E-state index is 11.7. The zero-order chi connectivity index (χ0) is 10.8. The van der Waals surface area contributed by atoms with Crippen LogP contribution in [0.25, 0.3) is 0 Å². The van der Waals surface area contributed by atoms with Crippen LogP contribution >= 0.6 is 11.6 Å². The van der Waals surface area contributed by atoms with E-state index < -0.39 is 11.5 Å². The fraction of sp³-hybridized carbons (Fsp3) is 0.800. The molecular weight excluding hydrogens is 202 g/mol. The summed E-state index contributed by atoms with van der Waals surface area (Å²) in [6.07, 6.45) is 2.32. The van der Waals surface area contributed by atoms with E-state index in [1.807, 2.05) is 0 Å². The predicted molar refractivity (Wildman–Crippen MR) is 55.3 cm³/mol. The third-order valence-corrected chi connectivity index (χ3v) is 2.83. The van der Waals surface area contributed by atoms with Crippen molar-refractivity contribution in [2.75, 3.05) is 5.88 Å². The molecule has 0 saturated carbocycles. The number of carbonyl (C=O) groups is 2. The molecular formula is C10H16ClNO2. The lowest BCUT2D eigenvalue weighted by atomic mass is 9.91. The largest absolute Gasteiger partial charge is 0.343 e. The normalized spacial score (nSPS) is 25.2. The highest BCUT2D eigenvalue weighted by molar-refractivity contribution is 6.17. The third-order valence-electron chi connectivity index (χ3n) is 2.56. The summed E-state index contributed by atoms with van der Waals surface area (Å²) >= 11 is 5.53. The summed E-state index contributed by atoms with van der Waals surface area (Å²) in [4.78, 5) is 23.1. The van der Waals surface area contributed by atoms with Crippen molar-refractivity contribution in [2.45, 2.75) is 38.6 Å². The minimum absolute atomic E-state index is 0.0112. The van der Waals surface area contributed by atoms with Crippen LogP contribution in [0.4, 0.5) is 0 Å². The van der Waals surface area contributed by atoms with E-state index in [-0.39, 0.29) is 11.7 Å². The summed E-state index contributed by atoms with van der Waals surface area (Å²) in [5, 5.41) is 2.70. The lowest BCUT2D eigenvalue weighted by Crippen LogP contribution is -2.39. The smallest absolute Gasteiger partial charge is 0.231 e. The molecule has 0 aromatic rings. The van der Waals surface area contributed by atoms with Crippen molar-refractivity contribution >= 4 is 23.3 Å². The Morgan fingerprint density at radius 2 is 2.00 bits per heavy atom. The zero-order valence-corrected chi connectivity index (χ0v) is 9.36. The fourth-order valence-corrected chi connectivity index (χ4v) is 1.91. The number of nitrogens with one attached hydrogen (secondary N) is 1. The quantitative estimate of drug-likeness (QED) is 0.441. The van der Waals surface area contributed by atoms with Gasteiger partial charge in [0.05, 0.1) is 11.5 Å². The van der Waals surface area contributed by atoms with Crippen LogP contribution in [-0.4, -0.2) is 23.1 Å². The average Bonchev–Trinajstić information content (AvgIpc) is 2.27. The van der Waals surface area contributed by atoms with Crippen LogP contribution in [-0.2, 0) is 9.59 Å². The van der Waals surface area contributed by atoms with E-state index in [0.29, 0.717) is 12.3 Å². The number of ketones is 1. The molecule has 80 valence electrons. The molecule has 0 bridgehead atoms. The summed E-state index contributed by atoms with van der Waals surface area (Å²) in [7, 11) is 0. The number of rotatable bonds is 4. The number of hydrogen-bond donors (Lipinski definition) is 1. The Balaban J connectivity index is 2.53. The highest BCUT2D eigenvalue weighted by Crippen LogP contribution is 2.24. The Morgan fingerprint density at radius 3 is 2.43 bits per heavy atom. The van der Waals surface area contributed by atoms with Gasteiger partial charge in [-0.2, -0.15) is 0 Å². The Hall–Kier alpha value is -0.570. The first kappa shape index (κ1) is 11.5. The van der Waals surface area contributed by atoms with Crippen LogP contribution < -0.4 is 5.32 Å². The lowest BCUT2D eigenvalue weighted by molar-refractivity contribution is -0.128. The molecule has 0 aromatic heterocycles. The number of hydrogen-bond acceptors (Lipinski definition) is 2. The third kappa shape index (κ3) is 2.27. The number of halogens is 1. The molecule has 1 fully saturated rings. The maximum atomic E-state index is 11.7. The number of amides is 1. The van der Waals surface area contributed by atoms with Gasteiger partial charge in [-0.25, -0.2) is 0 Å². The van der Waals surface area contributed by atoms with E-state index in [0.717, 1.165) is 12.8 Å². The zero-order valence-electron chi connectivity index (χ0n) is 8.60. The second kappa shape index (κ2) is 4.30. The van der Waals surface area contributed by atoms with Crippen LogP contribution in [0.1, 0.15) is 33.1 Å². The molecule has 1 saturated heterocycles. The van der Waals surface area contributed by atoms with Crippen molar-refractivity contribution in [3.05, 3.63) is 0 Å². The van der Waals surface area contributed by atoms with Crippen molar-refractivity contribution in [2.24, 2.45) is 5.92 Å². The van der Waals surface area contributed by atoms with Gasteiger partial charge in [-0.3, -0.25) is 9.59 Å². The van der Waals surface area contributed by atoms with Gasteiger partial charge in [-0.05, 0) is 26.7 Å². The summed E-state index contributed by atoms with van der Waals surface area (Å²) in [5.74, 6) is 0.0196. The van der Waals surface area contributed by atoms with E-state index >= 15 is 0 Å². The molecule has 3 nitrogen and oxygen atoms in total. The van der Waals surface area contributed by atoms with E-state index in [4.69, 9.17) is 11.6 Å². The molecule has 4 heteroatoms. The summed E-state index contributed by atoms with van der Waals surface area (Å²) in [6, 6.07) is 0. The standard InChI is InChI=1S/C10H16ClNO2/c1-10(2)8(13)7(9(14)12-10)5-3-4-6-11/h7H,3-6H2,1-2H3,(H,12,14). The first-order valence-electron chi connectivity index (χ1n) is 4.91. The van der Waals surface area contributed by atoms with Gasteiger partial charge in [-0.1, -0.05) is 6.42 Å². The molecule has 1 aliphatic heterocycles. The van der Waals surface area contributed by atoms with Crippen LogP contribution in [0.2, 0.25) is 0 Å². The molecule has 1 rings (SSSR count). The second-order valence-electron chi connectivity index (χ2n) is 4.22. The Labute approximate surface area is 89.2 Å². The van der Waals surface area contributed by atoms with Crippen molar-refractivity contribution in [1.29, 1.82) is 0 Å². The summed E-state index contributed by atoms with van der Waals surface area (Å²) < 4.78 is 0. The topological polar surface area (TPSA) is 46.2 Å². The molecule has 0 aromatic carbocycles. The maximum Gasteiger partial charge on any atom is 0.231 e. The molecule has 0 spiro atoms. The molecule has 1 amide bonds. The summed E-state index contributed by atoms with van der Waals surface area (Å²) in [6.45, 7) is 3.49.